The van der Waals surface area contributed by atoms with Crippen molar-refractivity contribution in [1.82, 2.24) is 0 Å². The molecule has 0 unspecified atom stereocenters. The first-order valence-electron chi connectivity index (χ1n) is 5.88. The molecule has 0 saturated heterocycles. The van der Waals surface area contributed by atoms with Crippen molar-refractivity contribution >= 4 is 23.5 Å². The minimum atomic E-state index is -0.0725. The maximum atomic E-state index is 11.9. The fourth-order valence-electron chi connectivity index (χ4n) is 2.05. The van der Waals surface area contributed by atoms with Gasteiger partial charge in [-0.1, -0.05) is 41.5 Å². The monoisotopic (exact) mass is 249 g/mol. The molecule has 1 aromatic rings. The zero-order valence-electron chi connectivity index (χ0n) is 11.3. The van der Waals surface area contributed by atoms with Crippen molar-refractivity contribution in [1.29, 1.82) is 0 Å². The highest BCUT2D eigenvalue weighted by Gasteiger charge is 2.35. The van der Waals surface area contributed by atoms with Crippen LogP contribution < -0.4 is 0 Å². The van der Waals surface area contributed by atoms with Crippen molar-refractivity contribution < 1.29 is 4.79 Å². The van der Waals surface area contributed by atoms with Crippen molar-refractivity contribution in [3.05, 3.63) is 20.9 Å². The summed E-state index contributed by atoms with van der Waals surface area (Å²) in [7, 11) is 0. The van der Waals surface area contributed by atoms with Crippen molar-refractivity contribution in [3.8, 4) is 0 Å². The third-order valence-electron chi connectivity index (χ3n) is 2.83. The molecule has 1 aromatic heterocycles. The second-order valence-electron chi connectivity index (χ2n) is 6.61. The minimum absolute atomic E-state index is 0.00160. The van der Waals surface area contributed by atoms with E-state index < -0.39 is 0 Å². The molecule has 1 aliphatic heterocycles. The van der Waals surface area contributed by atoms with Gasteiger partial charge in [-0.15, -0.1) is 11.3 Å². The SMILES string of the molecule is CC(C)(C)c1sc(C(C)(C)C)c2c1C=NC2=O. The van der Waals surface area contributed by atoms with Crippen LogP contribution in [0.2, 0.25) is 0 Å². The predicted molar refractivity (Wildman–Crippen MR) is 73.6 cm³/mol. The fourth-order valence-corrected chi connectivity index (χ4v) is 3.43. The van der Waals surface area contributed by atoms with Gasteiger partial charge >= 0.3 is 0 Å². The molecule has 0 bridgehead atoms. The van der Waals surface area contributed by atoms with Crippen LogP contribution in [0.3, 0.4) is 0 Å². The van der Waals surface area contributed by atoms with E-state index in [1.165, 1.54) is 9.75 Å². The average molecular weight is 249 g/mol. The van der Waals surface area contributed by atoms with Crippen LogP contribution in [0.4, 0.5) is 0 Å². The molecule has 1 aliphatic rings. The van der Waals surface area contributed by atoms with Crippen LogP contribution in [0, 0.1) is 0 Å². The number of fused-ring (bicyclic) bond motifs is 1. The Balaban J connectivity index is 2.72. The lowest BCUT2D eigenvalue weighted by Crippen LogP contribution is -2.12. The third-order valence-corrected chi connectivity index (χ3v) is 4.89. The number of hydrogen-bond acceptors (Lipinski definition) is 2. The minimum Gasteiger partial charge on any atom is -0.267 e. The molecule has 1 amide bonds. The van der Waals surface area contributed by atoms with E-state index in [9.17, 15) is 4.79 Å². The summed E-state index contributed by atoms with van der Waals surface area (Å²) in [4.78, 5) is 18.3. The number of carbonyl (C=O) groups excluding carboxylic acids is 1. The van der Waals surface area contributed by atoms with Gasteiger partial charge in [-0.2, -0.15) is 0 Å². The van der Waals surface area contributed by atoms with E-state index in [1.54, 1.807) is 17.6 Å². The van der Waals surface area contributed by atoms with Gasteiger partial charge in [-0.05, 0) is 10.8 Å². The van der Waals surface area contributed by atoms with E-state index in [2.05, 4.69) is 46.5 Å². The number of nitrogens with zero attached hydrogens (tertiary/aromatic N) is 1. The molecule has 17 heavy (non-hydrogen) atoms. The lowest BCUT2D eigenvalue weighted by atomic mass is 9.87. The Morgan fingerprint density at radius 1 is 1.00 bits per heavy atom. The molecule has 0 fully saturated rings. The molecule has 0 atom stereocenters. The summed E-state index contributed by atoms with van der Waals surface area (Å²) in [5.41, 5.74) is 1.96. The molecule has 0 radical (unpaired) electrons. The normalized spacial score (nSPS) is 15.5. The molecule has 3 heteroatoms. The highest BCUT2D eigenvalue weighted by atomic mass is 32.1. The Morgan fingerprint density at radius 2 is 1.53 bits per heavy atom. The predicted octanol–water partition coefficient (Wildman–Crippen LogP) is 3.92. The smallest absolute Gasteiger partial charge is 0.267 e. The van der Waals surface area contributed by atoms with E-state index in [-0.39, 0.29) is 16.7 Å². The molecular weight excluding hydrogens is 230 g/mol. The Morgan fingerprint density at radius 3 is 2.00 bits per heavy atom. The third kappa shape index (κ3) is 1.97. The van der Waals surface area contributed by atoms with Gasteiger partial charge < -0.3 is 0 Å². The van der Waals surface area contributed by atoms with E-state index in [1.807, 2.05) is 0 Å². The van der Waals surface area contributed by atoms with Crippen LogP contribution in [0.15, 0.2) is 4.99 Å². The zero-order chi connectivity index (χ0) is 13.0. The van der Waals surface area contributed by atoms with Crippen molar-refractivity contribution in [2.24, 2.45) is 4.99 Å². The van der Waals surface area contributed by atoms with E-state index in [4.69, 9.17) is 0 Å². The summed E-state index contributed by atoms with van der Waals surface area (Å²) in [6.45, 7) is 13.0. The van der Waals surface area contributed by atoms with Gasteiger partial charge in [0.2, 0.25) is 0 Å². The molecule has 0 aromatic carbocycles. The van der Waals surface area contributed by atoms with Gasteiger partial charge in [-0.3, -0.25) is 4.79 Å². The van der Waals surface area contributed by atoms with E-state index >= 15 is 0 Å². The summed E-state index contributed by atoms with van der Waals surface area (Å²) in [6.07, 6.45) is 1.74. The second kappa shape index (κ2) is 3.52. The van der Waals surface area contributed by atoms with Crippen LogP contribution in [0.1, 0.15) is 67.2 Å². The molecule has 92 valence electrons. The number of rotatable bonds is 0. The Hall–Kier alpha value is -0.960. The summed E-state index contributed by atoms with van der Waals surface area (Å²) in [6, 6.07) is 0. The average Bonchev–Trinajstić information content (AvgIpc) is 2.63. The first-order chi connectivity index (χ1) is 7.62. The second-order valence-corrected chi connectivity index (χ2v) is 7.63. The lowest BCUT2D eigenvalue weighted by molar-refractivity contribution is 0.101. The maximum Gasteiger partial charge on any atom is 0.278 e. The lowest BCUT2D eigenvalue weighted by Gasteiger charge is -2.19. The largest absolute Gasteiger partial charge is 0.278 e. The maximum absolute atomic E-state index is 11.9. The molecular formula is C14H19NOS. The van der Waals surface area contributed by atoms with Crippen molar-refractivity contribution in [3.63, 3.8) is 0 Å². The number of amides is 1. The van der Waals surface area contributed by atoms with Crippen LogP contribution in [-0.4, -0.2) is 12.1 Å². The molecule has 0 N–H and O–H groups in total. The molecule has 0 aliphatic carbocycles. The number of aliphatic imine (C=N–C) groups is 1. The summed E-state index contributed by atoms with van der Waals surface area (Å²) in [5.74, 6) is -0.0725. The Kier molecular flexibility index (Phi) is 2.58. The van der Waals surface area contributed by atoms with Gasteiger partial charge in [0.15, 0.2) is 0 Å². The van der Waals surface area contributed by atoms with Gasteiger partial charge in [-0.25, -0.2) is 4.99 Å². The highest BCUT2D eigenvalue weighted by Crippen LogP contribution is 2.43. The van der Waals surface area contributed by atoms with Crippen molar-refractivity contribution in [2.45, 2.75) is 52.4 Å². The summed E-state index contributed by atoms with van der Waals surface area (Å²) < 4.78 is 0. The highest BCUT2D eigenvalue weighted by molar-refractivity contribution is 7.13. The molecule has 2 nitrogen and oxygen atoms in total. The Bertz CT molecular complexity index is 510. The van der Waals surface area contributed by atoms with Crippen LogP contribution in [0.25, 0.3) is 0 Å². The first-order valence-corrected chi connectivity index (χ1v) is 6.70. The van der Waals surface area contributed by atoms with Crippen LogP contribution in [-0.2, 0) is 10.8 Å². The topological polar surface area (TPSA) is 29.4 Å². The molecule has 0 saturated carbocycles. The van der Waals surface area contributed by atoms with E-state index in [0.29, 0.717) is 0 Å². The number of thiophene rings is 1. The van der Waals surface area contributed by atoms with Gasteiger partial charge in [0, 0.05) is 21.5 Å². The molecule has 2 rings (SSSR count). The van der Waals surface area contributed by atoms with Crippen molar-refractivity contribution in [2.75, 3.05) is 0 Å². The van der Waals surface area contributed by atoms with Gasteiger partial charge in [0.1, 0.15) is 0 Å². The van der Waals surface area contributed by atoms with E-state index in [0.717, 1.165) is 11.1 Å². The van der Waals surface area contributed by atoms with Gasteiger partial charge in [0.25, 0.3) is 5.91 Å². The zero-order valence-corrected chi connectivity index (χ0v) is 12.2. The standard InChI is InChI=1S/C14H19NOS/c1-13(2,3)10-8-7-15-12(16)9(8)11(17-10)14(4,5)6/h7H,1-6H3. The molecule has 0 spiro atoms. The Labute approximate surface area is 107 Å². The number of hydrogen-bond donors (Lipinski definition) is 0. The van der Waals surface area contributed by atoms with Crippen LogP contribution in [0.5, 0.6) is 0 Å². The summed E-state index contributed by atoms with van der Waals surface area (Å²) >= 11 is 1.77. The van der Waals surface area contributed by atoms with Crippen LogP contribution >= 0.6 is 11.3 Å². The van der Waals surface area contributed by atoms with Gasteiger partial charge in [0.05, 0.1) is 5.56 Å². The summed E-state index contributed by atoms with van der Waals surface area (Å²) in [5, 5.41) is 0. The first kappa shape index (κ1) is 12.5. The number of carbonyl (C=O) groups is 1. The fraction of sp³-hybridized carbons (Fsp3) is 0.571. The quantitative estimate of drug-likeness (QED) is 0.685. The molecule has 2 heterocycles.